The monoisotopic (exact) mass is 276 g/mol. The van der Waals surface area contributed by atoms with Gasteiger partial charge in [0.05, 0.1) is 19.6 Å². The second kappa shape index (κ2) is 10.8. The van der Waals surface area contributed by atoms with Crippen LogP contribution in [0.3, 0.4) is 0 Å². The number of ether oxygens (including phenoxy) is 4. The van der Waals surface area contributed by atoms with E-state index in [-0.39, 0.29) is 17.9 Å². The Morgan fingerprint density at radius 2 is 1.74 bits per heavy atom. The van der Waals surface area contributed by atoms with E-state index in [2.05, 4.69) is 4.74 Å². The molecule has 6 nitrogen and oxygen atoms in total. The van der Waals surface area contributed by atoms with Crippen LogP contribution in [0.15, 0.2) is 0 Å². The summed E-state index contributed by atoms with van der Waals surface area (Å²) in [5.41, 5.74) is 0. The van der Waals surface area contributed by atoms with Crippen LogP contribution in [0.2, 0.25) is 0 Å². The molecule has 0 fully saturated rings. The molecule has 0 rings (SSSR count). The first kappa shape index (κ1) is 17.9. The van der Waals surface area contributed by atoms with Gasteiger partial charge in [-0.2, -0.15) is 0 Å². The molecular formula is C13H24O6. The lowest BCUT2D eigenvalue weighted by molar-refractivity contribution is -0.157. The Hall–Kier alpha value is -1.14. The van der Waals surface area contributed by atoms with Crippen molar-refractivity contribution in [3.8, 4) is 0 Å². The summed E-state index contributed by atoms with van der Waals surface area (Å²) in [5, 5.41) is 0. The molecule has 6 heteroatoms. The third-order valence-corrected chi connectivity index (χ3v) is 2.56. The lowest BCUT2D eigenvalue weighted by Gasteiger charge is -2.19. The van der Waals surface area contributed by atoms with Crippen molar-refractivity contribution in [1.82, 2.24) is 0 Å². The van der Waals surface area contributed by atoms with Crippen LogP contribution >= 0.6 is 0 Å². The Balaban J connectivity index is 3.70. The van der Waals surface area contributed by atoms with Crippen molar-refractivity contribution in [3.63, 3.8) is 0 Å². The van der Waals surface area contributed by atoms with Crippen molar-refractivity contribution in [2.45, 2.75) is 39.4 Å². The minimum absolute atomic E-state index is 0.268. The van der Waals surface area contributed by atoms with Crippen molar-refractivity contribution in [1.29, 1.82) is 0 Å². The van der Waals surface area contributed by atoms with Gasteiger partial charge in [0.1, 0.15) is 0 Å². The summed E-state index contributed by atoms with van der Waals surface area (Å²) in [7, 11) is 2.89. The summed E-state index contributed by atoms with van der Waals surface area (Å²) < 4.78 is 20.1. The van der Waals surface area contributed by atoms with Gasteiger partial charge in [-0.05, 0) is 12.8 Å². The lowest BCUT2D eigenvalue weighted by atomic mass is 10.1. The highest BCUT2D eigenvalue weighted by molar-refractivity contribution is 5.71. The van der Waals surface area contributed by atoms with Crippen molar-refractivity contribution in [2.75, 3.05) is 27.4 Å². The van der Waals surface area contributed by atoms with Crippen molar-refractivity contribution >= 4 is 11.9 Å². The predicted molar refractivity (Wildman–Crippen MR) is 68.4 cm³/mol. The van der Waals surface area contributed by atoms with E-state index in [1.165, 1.54) is 21.1 Å². The first-order valence-electron chi connectivity index (χ1n) is 6.36. The topological polar surface area (TPSA) is 71.1 Å². The minimum Gasteiger partial charge on any atom is -0.469 e. The van der Waals surface area contributed by atoms with Crippen molar-refractivity contribution < 1.29 is 28.5 Å². The largest absolute Gasteiger partial charge is 0.469 e. The van der Waals surface area contributed by atoms with Gasteiger partial charge in [0, 0.05) is 27.1 Å². The SMILES string of the molecule is COC(=O)C(C)CC(OC)OCCCCOC(C)=O. The zero-order valence-electron chi connectivity index (χ0n) is 12.1. The third kappa shape index (κ3) is 9.44. The zero-order chi connectivity index (χ0) is 14.7. The molecule has 0 heterocycles. The predicted octanol–water partition coefficient (Wildman–Crippen LogP) is 1.52. The summed E-state index contributed by atoms with van der Waals surface area (Å²) in [6.45, 7) is 4.04. The van der Waals surface area contributed by atoms with Gasteiger partial charge in [-0.15, -0.1) is 0 Å². The Morgan fingerprint density at radius 3 is 2.26 bits per heavy atom. The zero-order valence-corrected chi connectivity index (χ0v) is 12.1. The number of carbonyl (C=O) groups is 2. The first-order valence-corrected chi connectivity index (χ1v) is 6.36. The molecule has 2 atom stereocenters. The Kier molecular flexibility index (Phi) is 10.1. The van der Waals surface area contributed by atoms with Crippen LogP contribution in [0.4, 0.5) is 0 Å². The van der Waals surface area contributed by atoms with Gasteiger partial charge in [-0.1, -0.05) is 6.92 Å². The smallest absolute Gasteiger partial charge is 0.308 e. The van der Waals surface area contributed by atoms with Crippen molar-refractivity contribution in [3.05, 3.63) is 0 Å². The second-order valence-electron chi connectivity index (χ2n) is 4.24. The number of hydrogen-bond acceptors (Lipinski definition) is 6. The highest BCUT2D eigenvalue weighted by Crippen LogP contribution is 2.12. The lowest BCUT2D eigenvalue weighted by Crippen LogP contribution is -2.24. The molecule has 0 saturated carbocycles. The molecule has 0 amide bonds. The molecule has 0 aromatic rings. The molecule has 0 aliphatic heterocycles. The van der Waals surface area contributed by atoms with Gasteiger partial charge in [0.15, 0.2) is 6.29 Å². The van der Waals surface area contributed by atoms with E-state index in [4.69, 9.17) is 14.2 Å². The Bertz CT molecular complexity index is 266. The van der Waals surface area contributed by atoms with Gasteiger partial charge in [0.2, 0.25) is 0 Å². The maximum absolute atomic E-state index is 11.3. The fourth-order valence-corrected chi connectivity index (χ4v) is 1.45. The fraction of sp³-hybridized carbons (Fsp3) is 0.846. The summed E-state index contributed by atoms with van der Waals surface area (Å²) >= 11 is 0. The van der Waals surface area contributed by atoms with E-state index in [0.717, 1.165) is 12.8 Å². The summed E-state index contributed by atoms with van der Waals surface area (Å²) in [5.74, 6) is -0.820. The third-order valence-electron chi connectivity index (χ3n) is 2.56. The van der Waals surface area contributed by atoms with Gasteiger partial charge >= 0.3 is 11.9 Å². The fourth-order valence-electron chi connectivity index (χ4n) is 1.45. The molecular weight excluding hydrogens is 252 g/mol. The van der Waals surface area contributed by atoms with Crippen molar-refractivity contribution in [2.24, 2.45) is 5.92 Å². The number of carbonyl (C=O) groups excluding carboxylic acids is 2. The van der Waals surface area contributed by atoms with E-state index in [1.54, 1.807) is 6.92 Å². The van der Waals surface area contributed by atoms with E-state index >= 15 is 0 Å². The maximum atomic E-state index is 11.3. The standard InChI is InChI=1S/C13H24O6/c1-10(13(15)17-4)9-12(16-3)19-8-6-5-7-18-11(2)14/h10,12H,5-9H2,1-4H3. The van der Waals surface area contributed by atoms with Crippen LogP contribution in [-0.4, -0.2) is 45.7 Å². The van der Waals surface area contributed by atoms with Crippen LogP contribution < -0.4 is 0 Å². The number of methoxy groups -OCH3 is 2. The van der Waals surface area contributed by atoms with Gasteiger partial charge in [-0.25, -0.2) is 0 Å². The highest BCUT2D eigenvalue weighted by Gasteiger charge is 2.19. The van der Waals surface area contributed by atoms with Gasteiger partial charge < -0.3 is 18.9 Å². The molecule has 0 aromatic heterocycles. The first-order chi connectivity index (χ1) is 9.01. The van der Waals surface area contributed by atoms with Crippen LogP contribution in [0.5, 0.6) is 0 Å². The molecule has 19 heavy (non-hydrogen) atoms. The number of rotatable bonds is 10. The number of esters is 2. The molecule has 112 valence electrons. The molecule has 0 saturated heterocycles. The molecule has 0 aliphatic rings. The van der Waals surface area contributed by atoms with E-state index in [1.807, 2.05) is 0 Å². The molecule has 2 unspecified atom stereocenters. The van der Waals surface area contributed by atoms with E-state index in [0.29, 0.717) is 19.6 Å². The summed E-state index contributed by atoms with van der Waals surface area (Å²) in [6, 6.07) is 0. The summed E-state index contributed by atoms with van der Waals surface area (Å²) in [4.78, 5) is 21.8. The average Bonchev–Trinajstić information content (AvgIpc) is 2.39. The second-order valence-corrected chi connectivity index (χ2v) is 4.24. The van der Waals surface area contributed by atoms with Gasteiger partial charge in [-0.3, -0.25) is 9.59 Å². The minimum atomic E-state index is -0.428. The molecule has 0 aromatic carbocycles. The quantitative estimate of drug-likeness (QED) is 0.342. The normalized spacial score (nSPS) is 13.7. The highest BCUT2D eigenvalue weighted by atomic mass is 16.7. The molecule has 0 bridgehead atoms. The molecule has 0 N–H and O–H groups in total. The molecule has 0 spiro atoms. The van der Waals surface area contributed by atoms with Crippen LogP contribution in [-0.2, 0) is 28.5 Å². The van der Waals surface area contributed by atoms with E-state index < -0.39 is 6.29 Å². The van der Waals surface area contributed by atoms with Crippen LogP contribution in [0.1, 0.15) is 33.1 Å². The molecule has 0 aliphatic carbocycles. The van der Waals surface area contributed by atoms with E-state index in [9.17, 15) is 9.59 Å². The summed E-state index contributed by atoms with van der Waals surface area (Å²) in [6.07, 6.45) is 1.53. The molecule has 0 radical (unpaired) electrons. The Labute approximate surface area is 114 Å². The van der Waals surface area contributed by atoms with Crippen LogP contribution in [0.25, 0.3) is 0 Å². The van der Waals surface area contributed by atoms with Gasteiger partial charge in [0.25, 0.3) is 0 Å². The average molecular weight is 276 g/mol. The number of hydrogen-bond donors (Lipinski definition) is 0. The maximum Gasteiger partial charge on any atom is 0.308 e. The number of unbranched alkanes of at least 4 members (excludes halogenated alkanes) is 1. The Morgan fingerprint density at radius 1 is 1.11 bits per heavy atom. The van der Waals surface area contributed by atoms with Crippen LogP contribution in [0, 0.1) is 5.92 Å².